The van der Waals surface area contributed by atoms with Crippen LogP contribution in [0.25, 0.3) is 0 Å². The van der Waals surface area contributed by atoms with Crippen LogP contribution in [-0.2, 0) is 0 Å². The van der Waals surface area contributed by atoms with Gasteiger partial charge in [-0.15, -0.1) is 0 Å². The van der Waals surface area contributed by atoms with Crippen molar-refractivity contribution >= 4 is 0 Å². The largest absolute Gasteiger partial charge is 0.309 e. The molecule has 2 unspecified atom stereocenters. The Labute approximate surface area is 108 Å². The van der Waals surface area contributed by atoms with E-state index >= 15 is 0 Å². The summed E-state index contributed by atoms with van der Waals surface area (Å²) in [5, 5.41) is 3.35. The molecule has 2 atom stereocenters. The van der Waals surface area contributed by atoms with Crippen molar-refractivity contribution in [1.29, 1.82) is 0 Å². The minimum Gasteiger partial charge on any atom is -0.309 e. The highest BCUT2D eigenvalue weighted by Gasteiger charge is 2.11. The Morgan fingerprint density at radius 1 is 1.11 bits per heavy atom. The second-order valence-electron chi connectivity index (χ2n) is 5.08. The van der Waals surface area contributed by atoms with Crippen LogP contribution in [0, 0.1) is 11.6 Å². The molecule has 0 aliphatic rings. The van der Waals surface area contributed by atoms with Crippen molar-refractivity contribution in [2.75, 3.05) is 20.6 Å². The number of hydrogen-bond acceptors (Lipinski definition) is 2. The fourth-order valence-corrected chi connectivity index (χ4v) is 1.88. The highest BCUT2D eigenvalue weighted by Crippen LogP contribution is 2.16. The topological polar surface area (TPSA) is 15.3 Å². The average Bonchev–Trinajstić information content (AvgIpc) is 2.25. The van der Waals surface area contributed by atoms with E-state index in [1.54, 1.807) is 0 Å². The van der Waals surface area contributed by atoms with Crippen molar-refractivity contribution in [2.24, 2.45) is 0 Å². The number of rotatable bonds is 6. The number of benzene rings is 1. The summed E-state index contributed by atoms with van der Waals surface area (Å²) >= 11 is 0. The van der Waals surface area contributed by atoms with E-state index in [2.05, 4.69) is 17.1 Å². The molecule has 0 spiro atoms. The van der Waals surface area contributed by atoms with Crippen LogP contribution in [0.15, 0.2) is 18.2 Å². The third-order valence-corrected chi connectivity index (χ3v) is 2.93. The number of hydrogen-bond donors (Lipinski definition) is 1. The van der Waals surface area contributed by atoms with E-state index in [0.717, 1.165) is 19.0 Å². The van der Waals surface area contributed by atoms with E-state index in [9.17, 15) is 8.78 Å². The van der Waals surface area contributed by atoms with Crippen molar-refractivity contribution in [2.45, 2.75) is 32.4 Å². The molecule has 0 fully saturated rings. The van der Waals surface area contributed by atoms with Gasteiger partial charge < -0.3 is 10.2 Å². The summed E-state index contributed by atoms with van der Waals surface area (Å²) in [4.78, 5) is 2.12. The maximum absolute atomic E-state index is 13.1. The lowest BCUT2D eigenvalue weighted by atomic mass is 10.1. The molecule has 0 amide bonds. The molecule has 0 aromatic heterocycles. The lowest BCUT2D eigenvalue weighted by Gasteiger charge is -2.22. The molecular weight excluding hydrogens is 234 g/mol. The van der Waals surface area contributed by atoms with Gasteiger partial charge in [0.2, 0.25) is 0 Å². The van der Waals surface area contributed by atoms with E-state index in [-0.39, 0.29) is 6.04 Å². The van der Waals surface area contributed by atoms with E-state index in [4.69, 9.17) is 0 Å². The van der Waals surface area contributed by atoms with Gasteiger partial charge in [-0.1, -0.05) is 0 Å². The third-order valence-electron chi connectivity index (χ3n) is 2.93. The van der Waals surface area contributed by atoms with E-state index in [0.29, 0.717) is 11.6 Å². The normalized spacial score (nSPS) is 14.8. The van der Waals surface area contributed by atoms with Crippen molar-refractivity contribution in [1.82, 2.24) is 10.2 Å². The summed E-state index contributed by atoms with van der Waals surface area (Å²) in [6.07, 6.45) is 0.995. The quantitative estimate of drug-likeness (QED) is 0.842. The van der Waals surface area contributed by atoms with Gasteiger partial charge in [0.05, 0.1) is 0 Å². The van der Waals surface area contributed by atoms with Gasteiger partial charge in [0, 0.05) is 18.2 Å². The fraction of sp³-hybridized carbons (Fsp3) is 0.571. The minimum atomic E-state index is -0.528. The van der Waals surface area contributed by atoms with Crippen molar-refractivity contribution < 1.29 is 8.78 Å². The van der Waals surface area contributed by atoms with Gasteiger partial charge in [-0.25, -0.2) is 8.78 Å². The van der Waals surface area contributed by atoms with Crippen LogP contribution in [0.2, 0.25) is 0 Å². The molecule has 0 aliphatic carbocycles. The molecule has 0 saturated carbocycles. The Bertz CT molecular complexity index is 360. The predicted molar refractivity (Wildman–Crippen MR) is 70.5 cm³/mol. The Hall–Kier alpha value is -1.00. The fourth-order valence-electron chi connectivity index (χ4n) is 1.88. The molecule has 18 heavy (non-hydrogen) atoms. The first-order valence-electron chi connectivity index (χ1n) is 6.25. The highest BCUT2D eigenvalue weighted by molar-refractivity contribution is 5.20. The molecule has 102 valence electrons. The Balaban J connectivity index is 2.56. The zero-order valence-electron chi connectivity index (χ0n) is 11.5. The van der Waals surface area contributed by atoms with Crippen LogP contribution in [0.1, 0.15) is 31.9 Å². The molecule has 1 N–H and O–H groups in total. The molecule has 1 rings (SSSR count). The molecule has 0 heterocycles. The second kappa shape index (κ2) is 6.81. The van der Waals surface area contributed by atoms with Gasteiger partial charge in [-0.05, 0) is 58.6 Å². The van der Waals surface area contributed by atoms with E-state index < -0.39 is 11.6 Å². The molecule has 1 aromatic rings. The molecule has 0 radical (unpaired) electrons. The van der Waals surface area contributed by atoms with Gasteiger partial charge in [-0.2, -0.15) is 0 Å². The van der Waals surface area contributed by atoms with Crippen LogP contribution >= 0.6 is 0 Å². The molecule has 1 aromatic carbocycles. The van der Waals surface area contributed by atoms with Crippen LogP contribution < -0.4 is 5.32 Å². The van der Waals surface area contributed by atoms with Crippen LogP contribution in [0.4, 0.5) is 8.78 Å². The second-order valence-corrected chi connectivity index (χ2v) is 5.08. The van der Waals surface area contributed by atoms with Gasteiger partial charge in [0.25, 0.3) is 0 Å². The standard InChI is InChI=1S/C14H22F2N2/c1-10(5-6-18(3)4)17-11(2)12-7-13(15)9-14(16)8-12/h7-11,17H,5-6H2,1-4H3. The van der Waals surface area contributed by atoms with Crippen LogP contribution in [0.3, 0.4) is 0 Å². The minimum absolute atomic E-state index is 0.0626. The van der Waals surface area contributed by atoms with Crippen molar-refractivity contribution in [3.63, 3.8) is 0 Å². The van der Waals surface area contributed by atoms with Gasteiger partial charge in [-0.3, -0.25) is 0 Å². The first-order valence-corrected chi connectivity index (χ1v) is 6.25. The Morgan fingerprint density at radius 2 is 1.67 bits per heavy atom. The molecule has 4 heteroatoms. The monoisotopic (exact) mass is 256 g/mol. The zero-order chi connectivity index (χ0) is 13.7. The summed E-state index contributed by atoms with van der Waals surface area (Å²) in [6, 6.07) is 3.88. The maximum atomic E-state index is 13.1. The molecule has 2 nitrogen and oxygen atoms in total. The summed E-state index contributed by atoms with van der Waals surface area (Å²) < 4.78 is 26.2. The first-order chi connectivity index (χ1) is 8.38. The van der Waals surface area contributed by atoms with Gasteiger partial charge in [0.15, 0.2) is 0 Å². The summed E-state index contributed by atoms with van der Waals surface area (Å²) in [6.45, 7) is 4.98. The first kappa shape index (κ1) is 15.1. The van der Waals surface area contributed by atoms with Crippen LogP contribution in [-0.4, -0.2) is 31.6 Å². The van der Waals surface area contributed by atoms with E-state index in [1.807, 2.05) is 21.0 Å². The molecular formula is C14H22F2N2. The lowest BCUT2D eigenvalue weighted by Crippen LogP contribution is -2.32. The van der Waals surface area contributed by atoms with E-state index in [1.165, 1.54) is 12.1 Å². The Kier molecular flexibility index (Phi) is 5.69. The summed E-state index contributed by atoms with van der Waals surface area (Å²) in [5.41, 5.74) is 0.643. The third kappa shape index (κ3) is 5.10. The predicted octanol–water partition coefficient (Wildman–Crippen LogP) is 2.96. The van der Waals surface area contributed by atoms with Gasteiger partial charge in [0.1, 0.15) is 11.6 Å². The van der Waals surface area contributed by atoms with Crippen molar-refractivity contribution in [3.8, 4) is 0 Å². The number of halogens is 2. The number of nitrogens with one attached hydrogen (secondary N) is 1. The summed E-state index contributed by atoms with van der Waals surface area (Å²) in [7, 11) is 4.05. The SMILES string of the molecule is CC(CCN(C)C)NC(C)c1cc(F)cc(F)c1. The van der Waals surface area contributed by atoms with Gasteiger partial charge >= 0.3 is 0 Å². The highest BCUT2D eigenvalue weighted by atomic mass is 19.1. The maximum Gasteiger partial charge on any atom is 0.126 e. The average molecular weight is 256 g/mol. The molecule has 0 bridgehead atoms. The summed E-state index contributed by atoms with van der Waals surface area (Å²) in [5.74, 6) is -1.06. The smallest absolute Gasteiger partial charge is 0.126 e. The molecule has 0 saturated heterocycles. The van der Waals surface area contributed by atoms with Crippen molar-refractivity contribution in [3.05, 3.63) is 35.4 Å². The number of nitrogens with zero attached hydrogens (tertiary/aromatic N) is 1. The Morgan fingerprint density at radius 3 is 2.17 bits per heavy atom. The zero-order valence-corrected chi connectivity index (χ0v) is 11.5. The molecule has 0 aliphatic heterocycles. The van der Waals surface area contributed by atoms with Crippen LogP contribution in [0.5, 0.6) is 0 Å². The lowest BCUT2D eigenvalue weighted by molar-refractivity contribution is 0.354.